The van der Waals surface area contributed by atoms with Gasteiger partial charge >= 0.3 is 0 Å². The summed E-state index contributed by atoms with van der Waals surface area (Å²) in [5.41, 5.74) is 9.78. The molecule has 0 radical (unpaired) electrons. The van der Waals surface area contributed by atoms with Crippen LogP contribution in [0.3, 0.4) is 0 Å². The minimum Gasteiger partial charge on any atom is -0.392 e. The van der Waals surface area contributed by atoms with Gasteiger partial charge in [-0.3, -0.25) is 0 Å². The van der Waals surface area contributed by atoms with Crippen molar-refractivity contribution in [3.8, 4) is 22.5 Å². The van der Waals surface area contributed by atoms with E-state index in [0.717, 1.165) is 39.2 Å². The molecule has 0 saturated carbocycles. The highest BCUT2D eigenvalue weighted by Gasteiger charge is 2.16. The van der Waals surface area contributed by atoms with Crippen molar-refractivity contribution in [3.63, 3.8) is 0 Å². The zero-order chi connectivity index (χ0) is 22.0. The van der Waals surface area contributed by atoms with Crippen LogP contribution >= 0.6 is 0 Å². The Labute approximate surface area is 183 Å². The fourth-order valence-electron chi connectivity index (χ4n) is 3.91. The van der Waals surface area contributed by atoms with Crippen LogP contribution in [0.1, 0.15) is 27.8 Å². The second-order valence-electron chi connectivity index (χ2n) is 8.00. The summed E-state index contributed by atoms with van der Waals surface area (Å²) in [5.74, 6) is 0. The Morgan fingerprint density at radius 3 is 1.65 bits per heavy atom. The molecule has 0 aliphatic carbocycles. The van der Waals surface area contributed by atoms with Gasteiger partial charge in [0.2, 0.25) is 11.4 Å². The minimum atomic E-state index is 0.0373. The molecule has 0 amide bonds. The number of nitrogens with zero attached hydrogens (tertiary/aromatic N) is 2. The predicted octanol–water partition coefficient (Wildman–Crippen LogP) is 3.82. The van der Waals surface area contributed by atoms with Crippen LogP contribution in [0.5, 0.6) is 0 Å². The molecule has 156 valence electrons. The van der Waals surface area contributed by atoms with Crippen molar-refractivity contribution in [2.24, 2.45) is 0 Å². The predicted molar refractivity (Wildman–Crippen MR) is 121 cm³/mol. The number of rotatable bonds is 5. The number of aliphatic hydroxyl groups excluding tert-OH is 2. The molecule has 2 aromatic carbocycles. The summed E-state index contributed by atoms with van der Waals surface area (Å²) in [6.07, 6.45) is 8.33. The number of benzene rings is 2. The van der Waals surface area contributed by atoms with Gasteiger partial charge in [-0.15, -0.1) is 0 Å². The largest absolute Gasteiger partial charge is 0.392 e. The third-order valence-corrected chi connectivity index (χ3v) is 5.77. The first kappa shape index (κ1) is 20.9. The number of pyridine rings is 2. The number of aryl methyl sites for hydroxylation is 3. The summed E-state index contributed by atoms with van der Waals surface area (Å²) in [6.45, 7) is 6.35. The molecule has 2 heterocycles. The van der Waals surface area contributed by atoms with E-state index in [9.17, 15) is 10.2 Å². The second-order valence-corrected chi connectivity index (χ2v) is 8.00. The van der Waals surface area contributed by atoms with Gasteiger partial charge in [-0.1, -0.05) is 24.3 Å². The standard InChI is InChI=1S/C27H28N2O2/c1-19-4-6-22(17-30)14-26(19)28-11-8-24(9-12-28)25-10-13-29(16-21(25)3)27-15-23(18-31)7-5-20(27)2/h4-16,30-31H,17-18H2,1-3H3/q+2. The monoisotopic (exact) mass is 412 g/mol. The Morgan fingerprint density at radius 1 is 0.613 bits per heavy atom. The molecule has 4 aromatic rings. The maximum Gasteiger partial charge on any atom is 0.213 e. The molecular weight excluding hydrogens is 384 g/mol. The highest BCUT2D eigenvalue weighted by atomic mass is 16.3. The first-order valence-corrected chi connectivity index (χ1v) is 10.5. The summed E-state index contributed by atoms with van der Waals surface area (Å²) >= 11 is 0. The van der Waals surface area contributed by atoms with Crippen LogP contribution in [-0.4, -0.2) is 10.2 Å². The number of aromatic nitrogens is 2. The smallest absolute Gasteiger partial charge is 0.213 e. The van der Waals surface area contributed by atoms with E-state index in [0.29, 0.717) is 0 Å². The Morgan fingerprint density at radius 2 is 1.13 bits per heavy atom. The summed E-state index contributed by atoms with van der Waals surface area (Å²) in [4.78, 5) is 0. The molecule has 0 aliphatic heterocycles. The van der Waals surface area contributed by atoms with E-state index >= 15 is 0 Å². The van der Waals surface area contributed by atoms with Crippen molar-refractivity contribution in [1.29, 1.82) is 0 Å². The second kappa shape index (κ2) is 8.80. The zero-order valence-electron chi connectivity index (χ0n) is 18.2. The summed E-state index contributed by atoms with van der Waals surface area (Å²) in [5, 5.41) is 18.9. The lowest BCUT2D eigenvalue weighted by Gasteiger charge is -2.07. The molecule has 4 nitrogen and oxygen atoms in total. The van der Waals surface area contributed by atoms with Gasteiger partial charge in [-0.25, -0.2) is 0 Å². The SMILES string of the molecule is Cc1c[n+](-c2cc(CO)ccc2C)ccc1-c1cc[n+](-c2cc(CO)ccc2C)cc1. The first-order valence-electron chi connectivity index (χ1n) is 10.5. The number of hydrogen-bond donors (Lipinski definition) is 2. The topological polar surface area (TPSA) is 48.2 Å². The Kier molecular flexibility index (Phi) is 5.94. The molecule has 0 fully saturated rings. The average Bonchev–Trinajstić information content (AvgIpc) is 2.80. The lowest BCUT2D eigenvalue weighted by atomic mass is 10.0. The van der Waals surface area contributed by atoms with E-state index in [1.807, 2.05) is 36.4 Å². The summed E-state index contributed by atoms with van der Waals surface area (Å²) < 4.78 is 4.19. The Bertz CT molecular complexity index is 1230. The van der Waals surface area contributed by atoms with E-state index in [1.165, 1.54) is 11.1 Å². The third kappa shape index (κ3) is 4.26. The summed E-state index contributed by atoms with van der Waals surface area (Å²) in [7, 11) is 0. The van der Waals surface area contributed by atoms with E-state index in [4.69, 9.17) is 0 Å². The van der Waals surface area contributed by atoms with Crippen LogP contribution in [0.4, 0.5) is 0 Å². The van der Waals surface area contributed by atoms with Gasteiger partial charge in [-0.05, 0) is 43.0 Å². The fourth-order valence-corrected chi connectivity index (χ4v) is 3.91. The van der Waals surface area contributed by atoms with Crippen LogP contribution in [0.2, 0.25) is 0 Å². The van der Waals surface area contributed by atoms with Gasteiger partial charge in [-0.2, -0.15) is 9.13 Å². The molecule has 0 unspecified atom stereocenters. The van der Waals surface area contributed by atoms with Crippen molar-refractivity contribution in [3.05, 3.63) is 107 Å². The van der Waals surface area contributed by atoms with Crippen molar-refractivity contribution in [1.82, 2.24) is 0 Å². The summed E-state index contributed by atoms with van der Waals surface area (Å²) in [6, 6.07) is 18.4. The number of aliphatic hydroxyl groups is 2. The van der Waals surface area contributed by atoms with Crippen molar-refractivity contribution in [2.75, 3.05) is 0 Å². The Hall–Kier alpha value is -3.34. The minimum absolute atomic E-state index is 0.0373. The van der Waals surface area contributed by atoms with E-state index < -0.39 is 0 Å². The van der Waals surface area contributed by atoms with Gasteiger partial charge in [0, 0.05) is 47.0 Å². The highest BCUT2D eigenvalue weighted by molar-refractivity contribution is 5.65. The van der Waals surface area contributed by atoms with Crippen LogP contribution < -0.4 is 9.13 Å². The van der Waals surface area contributed by atoms with Crippen molar-refractivity contribution in [2.45, 2.75) is 34.0 Å². The molecule has 0 atom stereocenters. The van der Waals surface area contributed by atoms with Gasteiger partial charge < -0.3 is 10.2 Å². The molecule has 4 heteroatoms. The fraction of sp³-hybridized carbons (Fsp3) is 0.185. The van der Waals surface area contributed by atoms with Crippen molar-refractivity contribution < 1.29 is 19.3 Å². The van der Waals surface area contributed by atoms with Crippen LogP contribution in [0.15, 0.2) is 79.4 Å². The van der Waals surface area contributed by atoms with Crippen LogP contribution in [-0.2, 0) is 13.2 Å². The molecular formula is C27H28N2O2+2. The normalized spacial score (nSPS) is 11.0. The lowest BCUT2D eigenvalue weighted by Crippen LogP contribution is -2.32. The maximum absolute atomic E-state index is 9.47. The van der Waals surface area contributed by atoms with E-state index in [1.54, 1.807) is 0 Å². The first-order chi connectivity index (χ1) is 15.0. The third-order valence-electron chi connectivity index (χ3n) is 5.77. The van der Waals surface area contributed by atoms with Gasteiger partial charge in [0.15, 0.2) is 24.8 Å². The molecule has 2 aromatic heterocycles. The van der Waals surface area contributed by atoms with Crippen LogP contribution in [0, 0.1) is 20.8 Å². The van der Waals surface area contributed by atoms with Gasteiger partial charge in [0.05, 0.1) is 13.2 Å². The highest BCUT2D eigenvalue weighted by Crippen LogP contribution is 2.22. The van der Waals surface area contributed by atoms with E-state index in [2.05, 4.69) is 72.9 Å². The quantitative estimate of drug-likeness (QED) is 0.490. The molecule has 0 bridgehead atoms. The molecule has 0 spiro atoms. The molecule has 31 heavy (non-hydrogen) atoms. The van der Waals surface area contributed by atoms with Crippen LogP contribution in [0.25, 0.3) is 22.5 Å². The van der Waals surface area contributed by atoms with Gasteiger partial charge in [0.1, 0.15) is 0 Å². The van der Waals surface area contributed by atoms with Gasteiger partial charge in [0.25, 0.3) is 0 Å². The Balaban J connectivity index is 1.67. The molecule has 0 saturated heterocycles. The molecule has 0 aliphatic rings. The lowest BCUT2D eigenvalue weighted by molar-refractivity contribution is -0.596. The van der Waals surface area contributed by atoms with E-state index in [-0.39, 0.29) is 13.2 Å². The number of hydrogen-bond acceptors (Lipinski definition) is 2. The average molecular weight is 413 g/mol. The molecule has 4 rings (SSSR count). The molecule has 2 N–H and O–H groups in total. The zero-order valence-corrected chi connectivity index (χ0v) is 18.2. The maximum atomic E-state index is 9.47. The van der Waals surface area contributed by atoms with Crippen molar-refractivity contribution >= 4 is 0 Å².